The summed E-state index contributed by atoms with van der Waals surface area (Å²) in [7, 11) is -3.60. The molecule has 1 aliphatic heterocycles. The fourth-order valence-electron chi connectivity index (χ4n) is 2.17. The van der Waals surface area contributed by atoms with Crippen molar-refractivity contribution in [2.24, 2.45) is 5.92 Å². The van der Waals surface area contributed by atoms with Gasteiger partial charge in [-0.15, -0.1) is 0 Å². The number of aliphatic hydroxyl groups excluding tert-OH is 1. The van der Waals surface area contributed by atoms with Gasteiger partial charge in [0.2, 0.25) is 0 Å². The number of rotatable bonds is 4. The molecule has 1 aromatic rings. The van der Waals surface area contributed by atoms with Crippen molar-refractivity contribution in [3.8, 4) is 0 Å². The van der Waals surface area contributed by atoms with Crippen molar-refractivity contribution in [1.29, 1.82) is 0 Å². The molecule has 5 nitrogen and oxygen atoms in total. The Morgan fingerprint density at radius 2 is 1.71 bits per heavy atom. The Morgan fingerprint density at radius 1 is 1.19 bits per heavy atom. The summed E-state index contributed by atoms with van der Waals surface area (Å²) in [6.07, 6.45) is 1.36. The Morgan fingerprint density at radius 3 is 2.19 bits per heavy atom. The molecule has 0 bridgehead atoms. The maximum absolute atomic E-state index is 12.4. The number of halogens is 3. The van der Waals surface area contributed by atoms with Crippen molar-refractivity contribution in [3.63, 3.8) is 0 Å². The van der Waals surface area contributed by atoms with Gasteiger partial charge in [-0.1, -0.05) is 15.9 Å². The van der Waals surface area contributed by atoms with Gasteiger partial charge >= 0.3 is 10.2 Å². The van der Waals surface area contributed by atoms with Gasteiger partial charge in [-0.05, 0) is 62.8 Å². The Hall–Kier alpha value is 0.330. The topological polar surface area (TPSA) is 69.6 Å². The minimum atomic E-state index is -3.60. The minimum Gasteiger partial charge on any atom is -0.396 e. The molecule has 1 aromatic carbocycles. The molecule has 21 heavy (non-hydrogen) atoms. The molecule has 0 aliphatic carbocycles. The normalized spacial score (nSPS) is 17.9. The summed E-state index contributed by atoms with van der Waals surface area (Å²) in [6, 6.07) is 3.56. The molecule has 0 spiro atoms. The Bertz CT molecular complexity index is 593. The van der Waals surface area contributed by atoms with E-state index in [1.807, 2.05) is 0 Å². The van der Waals surface area contributed by atoms with Crippen LogP contribution >= 0.6 is 47.8 Å². The molecule has 0 saturated carbocycles. The largest absolute Gasteiger partial charge is 0.396 e. The molecule has 0 amide bonds. The van der Waals surface area contributed by atoms with Crippen molar-refractivity contribution in [3.05, 3.63) is 25.6 Å². The molecule has 1 fully saturated rings. The summed E-state index contributed by atoms with van der Waals surface area (Å²) >= 11 is 10.1. The first-order valence-corrected chi connectivity index (χ1v) is 10.2. The van der Waals surface area contributed by atoms with Crippen LogP contribution in [-0.4, -0.2) is 37.5 Å². The number of piperidine rings is 1. The number of aliphatic hydroxyl groups is 1. The maximum Gasteiger partial charge on any atom is 0.301 e. The highest BCUT2D eigenvalue weighted by atomic mass is 79.9. The Kier molecular flexibility index (Phi) is 6.12. The lowest BCUT2D eigenvalue weighted by molar-refractivity contribution is 0.170. The van der Waals surface area contributed by atoms with Crippen LogP contribution in [0.25, 0.3) is 0 Å². The van der Waals surface area contributed by atoms with Crippen LogP contribution in [0.1, 0.15) is 12.8 Å². The zero-order chi connectivity index (χ0) is 15.6. The van der Waals surface area contributed by atoms with E-state index in [1.165, 1.54) is 4.31 Å². The molecular weight excluding hydrogens is 492 g/mol. The zero-order valence-corrected chi connectivity index (χ0v) is 16.6. The summed E-state index contributed by atoms with van der Waals surface area (Å²) in [6.45, 7) is 0.962. The van der Waals surface area contributed by atoms with E-state index in [2.05, 4.69) is 52.5 Å². The van der Waals surface area contributed by atoms with E-state index in [9.17, 15) is 8.42 Å². The van der Waals surface area contributed by atoms with E-state index in [0.717, 1.165) is 4.47 Å². The van der Waals surface area contributed by atoms with Crippen molar-refractivity contribution in [2.45, 2.75) is 12.8 Å². The second-order valence-electron chi connectivity index (χ2n) is 4.88. The quantitative estimate of drug-likeness (QED) is 0.658. The summed E-state index contributed by atoms with van der Waals surface area (Å²) < 4.78 is 31.0. The molecule has 2 rings (SSSR count). The Balaban J connectivity index is 2.15. The lowest BCUT2D eigenvalue weighted by atomic mass is 10.00. The minimum absolute atomic E-state index is 0.116. The standard InChI is InChI=1S/C12H15Br3N2O3S/c13-9-5-10(14)12(11(15)6-9)16-21(19,20)17-3-1-8(7-18)2-4-17/h5-6,8,16,18H,1-4,7H2. The molecule has 1 aliphatic rings. The zero-order valence-electron chi connectivity index (χ0n) is 11.0. The van der Waals surface area contributed by atoms with E-state index in [0.29, 0.717) is 40.6 Å². The van der Waals surface area contributed by atoms with Crippen LogP contribution in [-0.2, 0) is 10.2 Å². The van der Waals surface area contributed by atoms with Crippen LogP contribution in [0.15, 0.2) is 25.6 Å². The van der Waals surface area contributed by atoms with E-state index in [1.54, 1.807) is 12.1 Å². The average Bonchev–Trinajstić information content (AvgIpc) is 2.43. The molecule has 0 radical (unpaired) electrons. The lowest BCUT2D eigenvalue weighted by Gasteiger charge is -2.30. The summed E-state index contributed by atoms with van der Waals surface area (Å²) in [5.41, 5.74) is 0.475. The summed E-state index contributed by atoms with van der Waals surface area (Å²) in [5.74, 6) is 0.197. The van der Waals surface area contributed by atoms with Crippen LogP contribution < -0.4 is 4.72 Å². The molecule has 1 saturated heterocycles. The number of nitrogens with one attached hydrogen (secondary N) is 1. The third-order valence-electron chi connectivity index (χ3n) is 3.41. The number of anilines is 1. The molecule has 0 unspecified atom stereocenters. The monoisotopic (exact) mass is 504 g/mol. The first-order chi connectivity index (χ1) is 9.83. The van der Waals surface area contributed by atoms with Gasteiger partial charge in [0.05, 0.1) is 5.69 Å². The van der Waals surface area contributed by atoms with Crippen molar-refractivity contribution < 1.29 is 13.5 Å². The predicted octanol–water partition coefficient (Wildman–Crippen LogP) is 3.34. The van der Waals surface area contributed by atoms with Crippen molar-refractivity contribution in [2.75, 3.05) is 24.4 Å². The third kappa shape index (κ3) is 4.42. The van der Waals surface area contributed by atoms with Crippen LogP contribution in [0, 0.1) is 5.92 Å². The van der Waals surface area contributed by atoms with E-state index in [-0.39, 0.29) is 12.5 Å². The van der Waals surface area contributed by atoms with E-state index >= 15 is 0 Å². The van der Waals surface area contributed by atoms with E-state index < -0.39 is 10.2 Å². The number of hydrogen-bond acceptors (Lipinski definition) is 3. The fraction of sp³-hybridized carbons (Fsp3) is 0.500. The number of benzene rings is 1. The van der Waals surface area contributed by atoms with Crippen molar-refractivity contribution in [1.82, 2.24) is 4.31 Å². The van der Waals surface area contributed by atoms with Gasteiger partial charge in [-0.2, -0.15) is 12.7 Å². The SMILES string of the molecule is O=S(=O)(Nc1c(Br)cc(Br)cc1Br)N1CCC(CO)CC1. The number of hydrogen-bond donors (Lipinski definition) is 2. The molecule has 9 heteroatoms. The van der Waals surface area contributed by atoms with E-state index in [4.69, 9.17) is 5.11 Å². The smallest absolute Gasteiger partial charge is 0.301 e. The predicted molar refractivity (Wildman–Crippen MR) is 93.5 cm³/mol. The number of nitrogens with zero attached hydrogens (tertiary/aromatic N) is 1. The second kappa shape index (κ2) is 7.27. The first kappa shape index (κ1) is 17.7. The van der Waals surface area contributed by atoms with Gasteiger partial charge in [0, 0.05) is 33.1 Å². The van der Waals surface area contributed by atoms with Gasteiger partial charge in [0.1, 0.15) is 0 Å². The van der Waals surface area contributed by atoms with Gasteiger partial charge in [-0.25, -0.2) is 0 Å². The second-order valence-corrected chi connectivity index (χ2v) is 9.17. The van der Waals surface area contributed by atoms with Gasteiger partial charge in [0.15, 0.2) is 0 Å². The molecule has 118 valence electrons. The lowest BCUT2D eigenvalue weighted by Crippen LogP contribution is -2.42. The molecule has 0 aromatic heterocycles. The van der Waals surface area contributed by atoms with Crippen LogP contribution in [0.4, 0.5) is 5.69 Å². The average molecular weight is 507 g/mol. The van der Waals surface area contributed by atoms with Crippen LogP contribution in [0.3, 0.4) is 0 Å². The summed E-state index contributed by atoms with van der Waals surface area (Å²) in [4.78, 5) is 0. The Labute approximate surface area is 149 Å². The van der Waals surface area contributed by atoms with Gasteiger partial charge in [-0.3, -0.25) is 4.72 Å². The highest BCUT2D eigenvalue weighted by Gasteiger charge is 2.28. The van der Waals surface area contributed by atoms with Gasteiger partial charge in [0.25, 0.3) is 0 Å². The van der Waals surface area contributed by atoms with Crippen molar-refractivity contribution >= 4 is 63.7 Å². The molecule has 2 N–H and O–H groups in total. The first-order valence-electron chi connectivity index (χ1n) is 6.37. The molecular formula is C12H15Br3N2O3S. The summed E-state index contributed by atoms with van der Waals surface area (Å²) in [5, 5.41) is 9.11. The van der Waals surface area contributed by atoms with Crippen LogP contribution in [0.2, 0.25) is 0 Å². The molecule has 0 atom stereocenters. The molecule has 1 heterocycles. The van der Waals surface area contributed by atoms with Gasteiger partial charge < -0.3 is 5.11 Å². The highest BCUT2D eigenvalue weighted by Crippen LogP contribution is 2.35. The fourth-order valence-corrected chi connectivity index (χ4v) is 6.18. The van der Waals surface area contributed by atoms with Crippen LogP contribution in [0.5, 0.6) is 0 Å². The highest BCUT2D eigenvalue weighted by molar-refractivity contribution is 9.11. The third-order valence-corrected chi connectivity index (χ3v) is 6.63. The maximum atomic E-state index is 12.4.